The lowest BCUT2D eigenvalue weighted by molar-refractivity contribution is 0.0332. The normalized spacial score (nSPS) is 17.3. The number of ether oxygens (including phenoxy) is 1. The zero-order valence-electron chi connectivity index (χ0n) is 8.41. The predicted molar refractivity (Wildman–Crippen MR) is 51.0 cm³/mol. The summed E-state index contributed by atoms with van der Waals surface area (Å²) in [5.74, 6) is 0. The molecular formula is C10H16NO2. The molecule has 1 aliphatic rings. The van der Waals surface area contributed by atoms with Crippen LogP contribution in [0, 0.1) is 6.42 Å². The van der Waals surface area contributed by atoms with Gasteiger partial charge in [-0.15, -0.1) is 0 Å². The first kappa shape index (κ1) is 10.1. The molecule has 1 aliphatic heterocycles. The monoisotopic (exact) mass is 182 g/mol. The molecule has 0 unspecified atom stereocenters. The molecular weight excluding hydrogens is 166 g/mol. The van der Waals surface area contributed by atoms with Crippen molar-refractivity contribution in [3.8, 4) is 0 Å². The molecule has 0 spiro atoms. The van der Waals surface area contributed by atoms with Crippen LogP contribution in [0.5, 0.6) is 0 Å². The first-order valence-corrected chi connectivity index (χ1v) is 4.49. The summed E-state index contributed by atoms with van der Waals surface area (Å²) in [7, 11) is 0. The molecule has 0 bridgehead atoms. The molecule has 0 aliphatic carbocycles. The highest BCUT2D eigenvalue weighted by molar-refractivity contribution is 5.69. The van der Waals surface area contributed by atoms with Crippen molar-refractivity contribution in [2.75, 3.05) is 6.54 Å². The van der Waals surface area contributed by atoms with Crippen LogP contribution >= 0.6 is 0 Å². The van der Waals surface area contributed by atoms with Gasteiger partial charge < -0.3 is 4.74 Å². The lowest BCUT2D eigenvalue weighted by atomic mass is 10.2. The molecule has 0 atom stereocenters. The first-order valence-electron chi connectivity index (χ1n) is 4.49. The molecule has 0 N–H and O–H groups in total. The van der Waals surface area contributed by atoms with Crippen LogP contribution in [0.4, 0.5) is 4.79 Å². The SMILES string of the molecule is CC(C)(C)OC(=O)N1C=C[CH]CC1. The van der Waals surface area contributed by atoms with Crippen molar-refractivity contribution in [2.24, 2.45) is 0 Å². The minimum atomic E-state index is -0.411. The van der Waals surface area contributed by atoms with Gasteiger partial charge in [0, 0.05) is 12.7 Å². The van der Waals surface area contributed by atoms with Crippen LogP contribution in [-0.2, 0) is 4.74 Å². The minimum Gasteiger partial charge on any atom is -0.443 e. The smallest absolute Gasteiger partial charge is 0.414 e. The molecule has 0 saturated heterocycles. The molecule has 0 saturated carbocycles. The molecule has 1 radical (unpaired) electrons. The van der Waals surface area contributed by atoms with Crippen LogP contribution in [-0.4, -0.2) is 23.1 Å². The van der Waals surface area contributed by atoms with Gasteiger partial charge in [-0.1, -0.05) is 6.08 Å². The van der Waals surface area contributed by atoms with Crippen LogP contribution in [0.2, 0.25) is 0 Å². The number of hydrogen-bond acceptors (Lipinski definition) is 2. The fourth-order valence-electron chi connectivity index (χ4n) is 1.02. The van der Waals surface area contributed by atoms with E-state index < -0.39 is 5.60 Å². The Balaban J connectivity index is 2.47. The van der Waals surface area contributed by atoms with Crippen molar-refractivity contribution in [3.05, 3.63) is 18.7 Å². The van der Waals surface area contributed by atoms with Gasteiger partial charge in [0.15, 0.2) is 0 Å². The third kappa shape index (κ3) is 3.49. The average molecular weight is 182 g/mol. The zero-order valence-corrected chi connectivity index (χ0v) is 8.41. The highest BCUT2D eigenvalue weighted by atomic mass is 16.6. The Morgan fingerprint density at radius 1 is 1.46 bits per heavy atom. The predicted octanol–water partition coefficient (Wildman–Crippen LogP) is 2.35. The Labute approximate surface area is 79.4 Å². The second-order valence-corrected chi connectivity index (χ2v) is 4.04. The molecule has 0 aromatic carbocycles. The Bertz CT molecular complexity index is 215. The van der Waals surface area contributed by atoms with E-state index in [1.54, 1.807) is 11.1 Å². The van der Waals surface area contributed by atoms with Crippen molar-refractivity contribution in [1.29, 1.82) is 0 Å². The van der Waals surface area contributed by atoms with Crippen LogP contribution in [0.3, 0.4) is 0 Å². The van der Waals surface area contributed by atoms with Gasteiger partial charge in [0.2, 0.25) is 0 Å². The van der Waals surface area contributed by atoms with Crippen molar-refractivity contribution in [1.82, 2.24) is 4.90 Å². The summed E-state index contributed by atoms with van der Waals surface area (Å²) in [4.78, 5) is 13.0. The maximum Gasteiger partial charge on any atom is 0.414 e. The Kier molecular flexibility index (Phi) is 2.96. The van der Waals surface area contributed by atoms with Gasteiger partial charge in [0.25, 0.3) is 0 Å². The molecule has 1 heterocycles. The van der Waals surface area contributed by atoms with Crippen molar-refractivity contribution in [2.45, 2.75) is 32.8 Å². The fraction of sp³-hybridized carbons (Fsp3) is 0.600. The Hall–Kier alpha value is -0.990. The van der Waals surface area contributed by atoms with E-state index >= 15 is 0 Å². The van der Waals surface area contributed by atoms with Crippen molar-refractivity contribution >= 4 is 6.09 Å². The summed E-state index contributed by atoms with van der Waals surface area (Å²) < 4.78 is 5.20. The molecule has 73 valence electrons. The first-order chi connectivity index (χ1) is 5.99. The number of carbonyl (C=O) groups excluding carboxylic acids is 1. The Morgan fingerprint density at radius 2 is 2.15 bits per heavy atom. The number of carbonyl (C=O) groups is 1. The number of nitrogens with zero attached hydrogens (tertiary/aromatic N) is 1. The van der Waals surface area contributed by atoms with E-state index in [2.05, 4.69) is 0 Å². The maximum atomic E-state index is 11.5. The molecule has 13 heavy (non-hydrogen) atoms. The molecule has 0 aromatic rings. The topological polar surface area (TPSA) is 29.5 Å². The lowest BCUT2D eigenvalue weighted by Crippen LogP contribution is -2.35. The van der Waals surface area contributed by atoms with Gasteiger partial charge in [0.05, 0.1) is 0 Å². The molecule has 3 heteroatoms. The Morgan fingerprint density at radius 3 is 2.62 bits per heavy atom. The summed E-state index contributed by atoms with van der Waals surface area (Å²) in [5.41, 5.74) is -0.411. The van der Waals surface area contributed by atoms with Gasteiger partial charge in [-0.3, -0.25) is 4.90 Å². The second-order valence-electron chi connectivity index (χ2n) is 4.04. The van der Waals surface area contributed by atoms with E-state index in [0.29, 0.717) is 6.54 Å². The minimum absolute atomic E-state index is 0.267. The fourth-order valence-corrected chi connectivity index (χ4v) is 1.02. The highest BCUT2D eigenvalue weighted by Gasteiger charge is 2.21. The molecule has 0 fully saturated rings. The molecule has 1 rings (SSSR count). The summed E-state index contributed by atoms with van der Waals surface area (Å²) in [5, 5.41) is 0. The summed E-state index contributed by atoms with van der Waals surface area (Å²) in [6.45, 7) is 6.31. The molecule has 3 nitrogen and oxygen atoms in total. The van der Waals surface area contributed by atoms with Crippen LogP contribution in [0.15, 0.2) is 12.3 Å². The van der Waals surface area contributed by atoms with Crippen LogP contribution in [0.25, 0.3) is 0 Å². The summed E-state index contributed by atoms with van der Waals surface area (Å²) in [6, 6.07) is 0. The van der Waals surface area contributed by atoms with E-state index in [1.807, 2.05) is 33.3 Å². The number of amides is 1. The van der Waals surface area contributed by atoms with Crippen molar-refractivity contribution < 1.29 is 9.53 Å². The van der Waals surface area contributed by atoms with E-state index in [0.717, 1.165) is 6.42 Å². The standard InChI is InChI=1S/C10H16NO2/c1-10(2,3)13-9(12)11-7-5-4-6-8-11/h4-5,7H,6,8H2,1-3H3. The highest BCUT2D eigenvalue weighted by Crippen LogP contribution is 2.12. The largest absolute Gasteiger partial charge is 0.443 e. The number of allylic oxidation sites excluding steroid dienone is 1. The van der Waals surface area contributed by atoms with E-state index in [-0.39, 0.29) is 6.09 Å². The van der Waals surface area contributed by atoms with Crippen molar-refractivity contribution in [3.63, 3.8) is 0 Å². The van der Waals surface area contributed by atoms with E-state index in [1.165, 1.54) is 0 Å². The zero-order chi connectivity index (χ0) is 9.90. The van der Waals surface area contributed by atoms with E-state index in [9.17, 15) is 4.79 Å². The number of rotatable bonds is 0. The molecule has 0 aromatic heterocycles. The molecule has 1 amide bonds. The third-order valence-electron chi connectivity index (χ3n) is 1.57. The van der Waals surface area contributed by atoms with Gasteiger partial charge >= 0.3 is 6.09 Å². The third-order valence-corrected chi connectivity index (χ3v) is 1.57. The van der Waals surface area contributed by atoms with Crippen LogP contribution in [0.1, 0.15) is 27.2 Å². The summed E-state index contributed by atoms with van der Waals surface area (Å²) >= 11 is 0. The summed E-state index contributed by atoms with van der Waals surface area (Å²) in [6.07, 6.45) is 6.28. The quantitative estimate of drug-likeness (QED) is 0.575. The van der Waals surface area contributed by atoms with Crippen LogP contribution < -0.4 is 0 Å². The van der Waals surface area contributed by atoms with Gasteiger partial charge in [-0.2, -0.15) is 0 Å². The average Bonchev–Trinajstić information content (AvgIpc) is 2.03. The van der Waals surface area contributed by atoms with E-state index in [4.69, 9.17) is 4.74 Å². The van der Waals surface area contributed by atoms with Gasteiger partial charge in [0.1, 0.15) is 5.60 Å². The lowest BCUT2D eigenvalue weighted by Gasteiger charge is -2.26. The van der Waals surface area contributed by atoms with Gasteiger partial charge in [-0.05, 0) is 33.6 Å². The van der Waals surface area contributed by atoms with Gasteiger partial charge in [-0.25, -0.2) is 4.79 Å². The maximum absolute atomic E-state index is 11.5. The second kappa shape index (κ2) is 3.81. The number of hydrogen-bond donors (Lipinski definition) is 0.